The Morgan fingerprint density at radius 3 is 2.09 bits per heavy atom. The first-order valence-electron chi connectivity index (χ1n) is 9.55. The molecule has 0 aliphatic rings. The van der Waals surface area contributed by atoms with Crippen LogP contribution in [0.25, 0.3) is 11.1 Å². The third-order valence-corrected chi connectivity index (χ3v) is 4.17. The van der Waals surface area contributed by atoms with Crippen LogP contribution in [0.5, 0.6) is 11.5 Å². The molecule has 0 amide bonds. The van der Waals surface area contributed by atoms with Gasteiger partial charge in [-0.3, -0.25) is 10.2 Å². The number of anilines is 1. The minimum atomic E-state index is -0.833. The van der Waals surface area contributed by atoms with Crippen molar-refractivity contribution in [3.05, 3.63) is 72.2 Å². The molecule has 0 bridgehead atoms. The maximum Gasteiger partial charge on any atom is 0.300 e. The first-order chi connectivity index (χ1) is 15.3. The molecule has 1 heterocycles. The third-order valence-electron chi connectivity index (χ3n) is 4.17. The van der Waals surface area contributed by atoms with Gasteiger partial charge in [-0.05, 0) is 42.0 Å². The molecule has 9 heteroatoms. The van der Waals surface area contributed by atoms with E-state index in [2.05, 4.69) is 15.6 Å². The molecule has 3 rings (SSSR count). The molecule has 0 radical (unpaired) electrons. The number of aliphatic carboxylic acids is 1. The summed E-state index contributed by atoms with van der Waals surface area (Å²) < 4.78 is 23.7. The van der Waals surface area contributed by atoms with Gasteiger partial charge in [0.25, 0.3) is 5.97 Å². The highest BCUT2D eigenvalue weighted by Crippen LogP contribution is 2.28. The maximum absolute atomic E-state index is 13.0. The molecular weight excluding hydrogens is 415 g/mol. The number of nitrogens with one attached hydrogen (secondary N) is 3. The van der Waals surface area contributed by atoms with Crippen molar-refractivity contribution >= 4 is 17.7 Å². The van der Waals surface area contributed by atoms with Crippen molar-refractivity contribution in [2.45, 2.75) is 13.5 Å². The molecule has 3 aromatic rings. The number of ether oxygens (including phenoxy) is 2. The number of carboxylic acids is 1. The third kappa shape index (κ3) is 7.28. The minimum Gasteiger partial charge on any atom is -0.496 e. The van der Waals surface area contributed by atoms with Crippen LogP contribution in [0.2, 0.25) is 0 Å². The predicted octanol–water partition coefficient (Wildman–Crippen LogP) is 4.13. The number of benzene rings is 2. The molecule has 32 heavy (non-hydrogen) atoms. The Hall–Kier alpha value is -4.14. The van der Waals surface area contributed by atoms with Crippen molar-refractivity contribution in [2.24, 2.45) is 0 Å². The molecule has 0 aliphatic carbocycles. The lowest BCUT2D eigenvalue weighted by Crippen LogP contribution is -2.29. The second-order valence-corrected chi connectivity index (χ2v) is 6.45. The molecule has 2 aromatic carbocycles. The Morgan fingerprint density at radius 1 is 1.03 bits per heavy atom. The van der Waals surface area contributed by atoms with E-state index in [4.69, 9.17) is 24.8 Å². The summed E-state index contributed by atoms with van der Waals surface area (Å²) in [5, 5.41) is 21.4. The van der Waals surface area contributed by atoms with Gasteiger partial charge in [-0.1, -0.05) is 18.2 Å². The summed E-state index contributed by atoms with van der Waals surface area (Å²) in [6.07, 6.45) is 1.67. The molecule has 0 aliphatic heterocycles. The molecule has 0 spiro atoms. The molecule has 8 nitrogen and oxygen atoms in total. The van der Waals surface area contributed by atoms with E-state index in [1.807, 2.05) is 24.3 Å². The lowest BCUT2D eigenvalue weighted by atomic mass is 10.1. The lowest BCUT2D eigenvalue weighted by Gasteiger charge is -2.15. The van der Waals surface area contributed by atoms with E-state index in [1.165, 1.54) is 12.1 Å². The fourth-order valence-corrected chi connectivity index (χ4v) is 2.73. The van der Waals surface area contributed by atoms with Gasteiger partial charge in [-0.2, -0.15) is 0 Å². The smallest absolute Gasteiger partial charge is 0.300 e. The highest BCUT2D eigenvalue weighted by molar-refractivity contribution is 5.90. The van der Waals surface area contributed by atoms with E-state index >= 15 is 0 Å². The van der Waals surface area contributed by atoms with E-state index in [1.54, 1.807) is 38.6 Å². The molecule has 0 saturated heterocycles. The normalized spacial score (nSPS) is 9.75. The van der Waals surface area contributed by atoms with E-state index in [0.29, 0.717) is 23.9 Å². The molecular formula is C23H25FN4O4. The predicted molar refractivity (Wildman–Crippen MR) is 121 cm³/mol. The average molecular weight is 440 g/mol. The monoisotopic (exact) mass is 440 g/mol. The highest BCUT2D eigenvalue weighted by atomic mass is 19.1. The van der Waals surface area contributed by atoms with Crippen molar-refractivity contribution in [3.8, 4) is 22.6 Å². The number of halogens is 1. The number of hydrogen-bond acceptors (Lipinski definition) is 5. The van der Waals surface area contributed by atoms with Gasteiger partial charge in [0.2, 0.25) is 0 Å². The standard InChI is InChI=1S/C21H21FN4O2.C2H4O2/c1-27-18-4-3-5-19(28-2)17(18)13-25-21(23)26-20-11-8-15(12-24-20)14-6-9-16(22)10-7-14;1-2(3)4/h3-12H,13H2,1-2H3,(H3,23,24,25,26);1H3,(H,3,4). The van der Waals surface area contributed by atoms with Crippen LogP contribution in [0, 0.1) is 11.2 Å². The van der Waals surface area contributed by atoms with Gasteiger partial charge in [-0.25, -0.2) is 9.37 Å². The first-order valence-corrected chi connectivity index (χ1v) is 9.55. The quantitative estimate of drug-likeness (QED) is 0.336. The number of guanidine groups is 1. The fourth-order valence-electron chi connectivity index (χ4n) is 2.73. The van der Waals surface area contributed by atoms with Gasteiger partial charge in [-0.15, -0.1) is 0 Å². The van der Waals surface area contributed by atoms with Gasteiger partial charge in [0, 0.05) is 18.7 Å². The molecule has 0 fully saturated rings. The van der Waals surface area contributed by atoms with Crippen LogP contribution < -0.4 is 20.1 Å². The van der Waals surface area contributed by atoms with Crippen LogP contribution in [0.15, 0.2) is 60.8 Å². The summed E-state index contributed by atoms with van der Waals surface area (Å²) in [7, 11) is 3.18. The van der Waals surface area contributed by atoms with Crippen LogP contribution in [-0.2, 0) is 11.3 Å². The van der Waals surface area contributed by atoms with Gasteiger partial charge in [0.05, 0.1) is 26.3 Å². The Kier molecular flexibility index (Phi) is 8.97. The van der Waals surface area contributed by atoms with Gasteiger partial charge < -0.3 is 25.2 Å². The summed E-state index contributed by atoms with van der Waals surface area (Å²) in [6.45, 7) is 1.44. The largest absolute Gasteiger partial charge is 0.496 e. The molecule has 0 unspecified atom stereocenters. The number of nitrogens with zero attached hydrogens (tertiary/aromatic N) is 1. The Balaban J connectivity index is 0.000000837. The number of pyridine rings is 1. The number of aromatic nitrogens is 1. The lowest BCUT2D eigenvalue weighted by molar-refractivity contribution is -0.134. The van der Waals surface area contributed by atoms with Gasteiger partial charge >= 0.3 is 0 Å². The van der Waals surface area contributed by atoms with Gasteiger partial charge in [0.15, 0.2) is 5.96 Å². The second-order valence-electron chi connectivity index (χ2n) is 6.45. The first kappa shape index (κ1) is 24.1. The SMILES string of the molecule is CC(=O)O.COc1cccc(OC)c1CNC(=N)Nc1ccc(-c2ccc(F)cc2)cn1. The zero-order chi connectivity index (χ0) is 23.5. The number of carboxylic acid groups (broad SMARTS) is 1. The highest BCUT2D eigenvalue weighted by Gasteiger charge is 2.10. The van der Waals surface area contributed by atoms with Crippen LogP contribution in [0.4, 0.5) is 10.2 Å². The fraction of sp³-hybridized carbons (Fsp3) is 0.174. The summed E-state index contributed by atoms with van der Waals surface area (Å²) >= 11 is 0. The zero-order valence-corrected chi connectivity index (χ0v) is 18.0. The molecule has 1 aromatic heterocycles. The molecule has 4 N–H and O–H groups in total. The van der Waals surface area contributed by atoms with E-state index < -0.39 is 5.97 Å². The van der Waals surface area contributed by atoms with Crippen molar-refractivity contribution in [1.29, 1.82) is 5.41 Å². The van der Waals surface area contributed by atoms with Gasteiger partial charge in [0.1, 0.15) is 23.1 Å². The van der Waals surface area contributed by atoms with Crippen LogP contribution in [0.3, 0.4) is 0 Å². The number of methoxy groups -OCH3 is 2. The second kappa shape index (κ2) is 11.9. The van der Waals surface area contributed by atoms with Crippen molar-refractivity contribution in [3.63, 3.8) is 0 Å². The Bertz CT molecular complexity index is 1010. The van der Waals surface area contributed by atoms with E-state index in [-0.39, 0.29) is 11.8 Å². The molecule has 168 valence electrons. The van der Waals surface area contributed by atoms with E-state index in [0.717, 1.165) is 23.6 Å². The summed E-state index contributed by atoms with van der Waals surface area (Å²) in [5.74, 6) is 0.870. The van der Waals surface area contributed by atoms with Crippen molar-refractivity contribution < 1.29 is 23.8 Å². The maximum atomic E-state index is 13.0. The Labute approximate surface area is 185 Å². The summed E-state index contributed by atoms with van der Waals surface area (Å²) in [4.78, 5) is 13.3. The number of rotatable bonds is 6. The van der Waals surface area contributed by atoms with E-state index in [9.17, 15) is 4.39 Å². The van der Waals surface area contributed by atoms with Crippen molar-refractivity contribution in [2.75, 3.05) is 19.5 Å². The summed E-state index contributed by atoms with van der Waals surface area (Å²) in [5.41, 5.74) is 2.55. The number of carbonyl (C=O) groups is 1. The van der Waals surface area contributed by atoms with Crippen LogP contribution in [0.1, 0.15) is 12.5 Å². The van der Waals surface area contributed by atoms with Crippen LogP contribution >= 0.6 is 0 Å². The Morgan fingerprint density at radius 2 is 1.59 bits per heavy atom. The zero-order valence-electron chi connectivity index (χ0n) is 18.0. The van der Waals surface area contributed by atoms with Crippen LogP contribution in [-0.4, -0.2) is 36.2 Å². The summed E-state index contributed by atoms with van der Waals surface area (Å²) in [6, 6.07) is 15.4. The molecule has 0 saturated carbocycles. The topological polar surface area (TPSA) is 117 Å². The van der Waals surface area contributed by atoms with Crippen molar-refractivity contribution in [1.82, 2.24) is 10.3 Å². The number of hydrogen-bond donors (Lipinski definition) is 4. The minimum absolute atomic E-state index is 0.0926. The average Bonchev–Trinajstić information content (AvgIpc) is 2.78. The molecule has 0 atom stereocenters.